The van der Waals surface area contributed by atoms with E-state index in [0.29, 0.717) is 77.5 Å². The SMILES string of the molecule is COc1ccc(-n2nc(C(N)=O)c3c2C(=O)N(c2ccc(N4CCCC4=O)cc2)CC3)cc1C1CCN(c2ccc(N3CCc4c(C(N)=O)nn(-c5ccccc5F)c4C3=O)cc2)C1=O. The molecule has 328 valence electrons. The number of carbonyl (C=O) groups excluding carboxylic acids is 6. The molecule has 0 spiro atoms. The van der Waals surface area contributed by atoms with Gasteiger partial charge in [-0.25, -0.2) is 13.8 Å². The zero-order chi connectivity index (χ0) is 45.3. The number of amides is 6. The monoisotopic (exact) mass is 876 g/mol. The maximum absolute atomic E-state index is 14.9. The van der Waals surface area contributed by atoms with Crippen molar-refractivity contribution in [2.75, 3.05) is 52.9 Å². The average molecular weight is 877 g/mol. The van der Waals surface area contributed by atoms with Crippen LogP contribution in [0, 0.1) is 5.82 Å². The van der Waals surface area contributed by atoms with Crippen LogP contribution in [0.3, 0.4) is 0 Å². The summed E-state index contributed by atoms with van der Waals surface area (Å²) in [4.78, 5) is 86.6. The van der Waals surface area contributed by atoms with E-state index in [1.807, 2.05) is 12.1 Å². The second-order valence-electron chi connectivity index (χ2n) is 16.2. The summed E-state index contributed by atoms with van der Waals surface area (Å²) in [6.45, 7) is 1.48. The van der Waals surface area contributed by atoms with E-state index in [1.165, 1.54) is 34.9 Å². The van der Waals surface area contributed by atoms with Gasteiger partial charge in [0.1, 0.15) is 28.6 Å². The van der Waals surface area contributed by atoms with E-state index in [0.717, 1.165) is 16.8 Å². The van der Waals surface area contributed by atoms with Crippen LogP contribution in [-0.4, -0.2) is 88.3 Å². The van der Waals surface area contributed by atoms with Crippen LogP contribution in [0.15, 0.2) is 91.0 Å². The zero-order valence-corrected chi connectivity index (χ0v) is 35.1. The topological polar surface area (TPSA) is 212 Å². The van der Waals surface area contributed by atoms with Gasteiger partial charge in [-0.2, -0.15) is 10.2 Å². The number of para-hydroxylation sites is 1. The number of benzene rings is 4. The molecule has 1 atom stereocenters. The van der Waals surface area contributed by atoms with Crippen molar-refractivity contribution in [1.29, 1.82) is 0 Å². The first kappa shape index (κ1) is 40.9. The molecule has 0 bridgehead atoms. The van der Waals surface area contributed by atoms with Crippen LogP contribution in [0.1, 0.15) is 83.8 Å². The first-order chi connectivity index (χ1) is 31.4. The average Bonchev–Trinajstić information content (AvgIpc) is 4.11. The Labute approximate surface area is 370 Å². The Morgan fingerprint density at radius 1 is 0.631 bits per heavy atom. The predicted octanol–water partition coefficient (Wildman–Crippen LogP) is 4.46. The van der Waals surface area contributed by atoms with Crippen molar-refractivity contribution < 1.29 is 37.9 Å². The number of aromatic nitrogens is 4. The highest BCUT2D eigenvalue weighted by Crippen LogP contribution is 2.40. The minimum atomic E-state index is -0.824. The van der Waals surface area contributed by atoms with Gasteiger partial charge in [-0.15, -0.1) is 0 Å². The molecule has 2 fully saturated rings. The Hall–Kier alpha value is -8.15. The van der Waals surface area contributed by atoms with Crippen LogP contribution >= 0.6 is 0 Å². The second-order valence-corrected chi connectivity index (χ2v) is 16.2. The largest absolute Gasteiger partial charge is 0.496 e. The third kappa shape index (κ3) is 6.75. The van der Waals surface area contributed by atoms with E-state index >= 15 is 0 Å². The van der Waals surface area contributed by atoms with E-state index in [9.17, 15) is 33.2 Å². The molecule has 4 N–H and O–H groups in total. The molecule has 65 heavy (non-hydrogen) atoms. The van der Waals surface area contributed by atoms with Crippen LogP contribution in [0.4, 0.5) is 27.1 Å². The number of hydrogen-bond donors (Lipinski definition) is 2. The molecular formula is C47H41FN10O7. The van der Waals surface area contributed by atoms with E-state index in [-0.39, 0.29) is 59.8 Å². The summed E-state index contributed by atoms with van der Waals surface area (Å²) in [6, 6.07) is 25.1. The van der Waals surface area contributed by atoms with Crippen LogP contribution < -0.4 is 35.8 Å². The smallest absolute Gasteiger partial charge is 0.277 e. The molecule has 17 nitrogen and oxygen atoms in total. The number of nitrogens with zero attached hydrogens (tertiary/aromatic N) is 8. The quantitative estimate of drug-likeness (QED) is 0.199. The summed E-state index contributed by atoms with van der Waals surface area (Å²) in [5.41, 5.74) is 15.8. The standard InChI is InChI=1S/C47H41FN10O7/c1-65-37-17-16-30(57-41-32(39(51-57)43(49)60)19-23-55(46(41)63)28-10-8-26(9-11-28)53-21-4-7-38(53)59)25-34(37)31-18-22-54(45(31)62)27-12-14-29(15-13-27)56-24-20-33-40(44(50)61)52-58(42(33)47(56)64)36-6-3-2-5-35(36)48/h2-3,5-6,8-17,25,31H,4,7,18-24H2,1H3,(H2,49,60)(H2,50,61). The minimum Gasteiger partial charge on any atom is -0.496 e. The fraction of sp³-hybridized carbons (Fsp3) is 0.234. The highest BCUT2D eigenvalue weighted by molar-refractivity contribution is 6.11. The molecule has 4 aromatic carbocycles. The summed E-state index contributed by atoms with van der Waals surface area (Å²) in [5.74, 6) is -3.46. The lowest BCUT2D eigenvalue weighted by Crippen LogP contribution is -2.39. The van der Waals surface area contributed by atoms with E-state index in [1.54, 1.807) is 75.4 Å². The first-order valence-electron chi connectivity index (χ1n) is 21.2. The van der Waals surface area contributed by atoms with Crippen LogP contribution in [0.25, 0.3) is 11.4 Å². The van der Waals surface area contributed by atoms with Crippen molar-refractivity contribution in [3.8, 4) is 17.1 Å². The van der Waals surface area contributed by atoms with E-state index in [4.69, 9.17) is 16.2 Å². The van der Waals surface area contributed by atoms with Gasteiger partial charge in [0, 0.05) is 72.0 Å². The molecule has 2 saturated heterocycles. The Bertz CT molecular complexity index is 3000. The number of nitrogens with two attached hydrogens (primary N) is 2. The van der Waals surface area contributed by atoms with Gasteiger partial charge in [0.2, 0.25) is 11.8 Å². The maximum atomic E-state index is 14.9. The van der Waals surface area contributed by atoms with Gasteiger partial charge in [-0.3, -0.25) is 28.8 Å². The maximum Gasteiger partial charge on any atom is 0.277 e. The molecule has 0 saturated carbocycles. The number of halogens is 1. The number of methoxy groups -OCH3 is 1. The minimum absolute atomic E-state index is 0.000931. The molecule has 4 aliphatic heterocycles. The molecule has 0 radical (unpaired) electrons. The van der Waals surface area contributed by atoms with Crippen molar-refractivity contribution in [2.24, 2.45) is 11.5 Å². The number of hydrogen-bond acceptors (Lipinski definition) is 9. The van der Waals surface area contributed by atoms with Crippen molar-refractivity contribution in [1.82, 2.24) is 19.6 Å². The van der Waals surface area contributed by atoms with Crippen molar-refractivity contribution in [3.63, 3.8) is 0 Å². The predicted molar refractivity (Wildman–Crippen MR) is 236 cm³/mol. The lowest BCUT2D eigenvalue weighted by atomic mass is 9.96. The molecule has 0 aliphatic carbocycles. The number of primary amides is 2. The molecule has 1 unspecified atom stereocenters. The van der Waals surface area contributed by atoms with Crippen LogP contribution in [0.5, 0.6) is 5.75 Å². The molecule has 6 amide bonds. The van der Waals surface area contributed by atoms with Gasteiger partial charge >= 0.3 is 0 Å². The van der Waals surface area contributed by atoms with Crippen molar-refractivity contribution in [2.45, 2.75) is 38.0 Å². The first-order valence-corrected chi connectivity index (χ1v) is 21.2. The van der Waals surface area contributed by atoms with Crippen molar-refractivity contribution >= 4 is 58.2 Å². The lowest BCUT2D eigenvalue weighted by molar-refractivity contribution is -0.118. The Morgan fingerprint density at radius 3 is 1.69 bits per heavy atom. The summed E-state index contributed by atoms with van der Waals surface area (Å²) in [6.07, 6.45) is 2.27. The Kier molecular flexibility index (Phi) is 9.99. The second kappa shape index (κ2) is 15.9. The van der Waals surface area contributed by atoms with E-state index < -0.39 is 35.4 Å². The molecule has 18 heteroatoms. The normalized spacial score (nSPS) is 17.2. The summed E-state index contributed by atoms with van der Waals surface area (Å²) >= 11 is 0. The summed E-state index contributed by atoms with van der Waals surface area (Å²) in [5, 5.41) is 8.82. The Morgan fingerprint density at radius 2 is 1.15 bits per heavy atom. The molecule has 10 rings (SSSR count). The number of anilines is 4. The molecule has 2 aromatic heterocycles. The number of fused-ring (bicyclic) bond motifs is 2. The summed E-state index contributed by atoms with van der Waals surface area (Å²) in [7, 11) is 1.50. The summed E-state index contributed by atoms with van der Waals surface area (Å²) < 4.78 is 23.2. The van der Waals surface area contributed by atoms with Crippen molar-refractivity contribution in [3.05, 3.63) is 136 Å². The Balaban J connectivity index is 0.911. The zero-order valence-electron chi connectivity index (χ0n) is 35.1. The third-order valence-corrected chi connectivity index (χ3v) is 12.6. The highest BCUT2D eigenvalue weighted by Gasteiger charge is 2.39. The van der Waals surface area contributed by atoms with Gasteiger partial charge in [0.05, 0.1) is 18.7 Å². The fourth-order valence-electron chi connectivity index (χ4n) is 9.49. The van der Waals surface area contributed by atoms with Crippen LogP contribution in [0.2, 0.25) is 0 Å². The fourth-order valence-corrected chi connectivity index (χ4v) is 9.49. The number of ether oxygens (including phenoxy) is 1. The molecule has 6 aromatic rings. The van der Waals surface area contributed by atoms with Crippen LogP contribution in [-0.2, 0) is 22.4 Å². The number of carbonyl (C=O) groups is 6. The molecule has 4 aliphatic rings. The lowest BCUT2D eigenvalue weighted by Gasteiger charge is -2.28. The van der Waals surface area contributed by atoms with E-state index in [2.05, 4.69) is 10.2 Å². The molecule has 6 heterocycles. The van der Waals surface area contributed by atoms with Gasteiger partial charge in [0.15, 0.2) is 11.4 Å². The van der Waals surface area contributed by atoms with Gasteiger partial charge in [-0.05, 0) is 105 Å². The van der Waals surface area contributed by atoms with Gasteiger partial charge in [-0.1, -0.05) is 12.1 Å². The third-order valence-electron chi connectivity index (χ3n) is 12.6. The van der Waals surface area contributed by atoms with Gasteiger partial charge in [0.25, 0.3) is 23.6 Å². The van der Waals surface area contributed by atoms with Gasteiger partial charge < -0.3 is 35.8 Å². The highest BCUT2D eigenvalue weighted by atomic mass is 19.1. The molecular weight excluding hydrogens is 836 g/mol. The number of rotatable bonds is 10.